The zero-order chi connectivity index (χ0) is 31.0. The molecule has 0 bridgehead atoms. The summed E-state index contributed by atoms with van der Waals surface area (Å²) in [6, 6.07) is 1.05. The number of carbonyl (C=O) groups is 2. The number of likely N-dealkylation sites (N-methyl/N-ethyl adjacent to an activating group) is 2. The number of primary amides is 1. The largest absolute Gasteiger partial charge is 0.510 e. The molecule has 4 aliphatic rings. The van der Waals surface area contributed by atoms with Gasteiger partial charge in [-0.3, -0.25) is 14.5 Å². The van der Waals surface area contributed by atoms with Crippen molar-refractivity contribution in [2.45, 2.75) is 44.1 Å². The van der Waals surface area contributed by atoms with Crippen molar-refractivity contribution >= 4 is 29.2 Å². The maximum absolute atomic E-state index is 14.3. The lowest BCUT2D eigenvalue weighted by molar-refractivity contribution is -0.127. The Balaban J connectivity index is 1.62. The van der Waals surface area contributed by atoms with Crippen LogP contribution in [0.25, 0.3) is 11.8 Å². The van der Waals surface area contributed by atoms with Crippen molar-refractivity contribution < 1.29 is 34.8 Å². The number of amides is 1. The summed E-state index contributed by atoms with van der Waals surface area (Å²) in [5.41, 5.74) is 5.29. The first-order valence-electron chi connectivity index (χ1n) is 14.3. The molecular formula is C31H42N4O7. The first-order valence-corrected chi connectivity index (χ1v) is 14.3. The molecule has 1 saturated heterocycles. The zero-order valence-corrected chi connectivity index (χ0v) is 25.3. The van der Waals surface area contributed by atoms with Crippen molar-refractivity contribution in [1.29, 1.82) is 0 Å². The molecule has 1 aliphatic heterocycles. The van der Waals surface area contributed by atoms with Gasteiger partial charge < -0.3 is 40.7 Å². The van der Waals surface area contributed by atoms with Gasteiger partial charge >= 0.3 is 0 Å². The summed E-state index contributed by atoms with van der Waals surface area (Å²) in [5.74, 6) is -5.81. The predicted molar refractivity (Wildman–Crippen MR) is 159 cm³/mol. The minimum absolute atomic E-state index is 0.0372. The predicted octanol–water partition coefficient (Wildman–Crippen LogP) is 1.79. The van der Waals surface area contributed by atoms with E-state index in [0.29, 0.717) is 30.0 Å². The summed E-state index contributed by atoms with van der Waals surface area (Å²) in [7, 11) is 9.17. The van der Waals surface area contributed by atoms with E-state index in [1.807, 2.05) is 38.2 Å². The van der Waals surface area contributed by atoms with Gasteiger partial charge in [-0.2, -0.15) is 0 Å². The first-order chi connectivity index (χ1) is 19.6. The van der Waals surface area contributed by atoms with Gasteiger partial charge in [-0.15, -0.1) is 0 Å². The topological polar surface area (TPSA) is 163 Å². The molecule has 1 aromatic rings. The number of carbonyl (C=O) groups excluding carboxylic acids is 2. The van der Waals surface area contributed by atoms with E-state index in [4.69, 9.17) is 10.5 Å². The molecule has 1 aromatic carbocycles. The van der Waals surface area contributed by atoms with E-state index >= 15 is 0 Å². The Hall–Kier alpha value is -3.38. The molecule has 2 fully saturated rings. The molecule has 11 nitrogen and oxygen atoms in total. The number of Topliss-reactive ketones (excluding diaryl/α,β-unsaturated/α-hetero) is 1. The summed E-state index contributed by atoms with van der Waals surface area (Å²) < 4.78 is 5.73. The molecule has 6 N–H and O–H groups in total. The van der Waals surface area contributed by atoms with Crippen molar-refractivity contribution in [1.82, 2.24) is 9.80 Å². The molecule has 228 valence electrons. The van der Waals surface area contributed by atoms with E-state index < -0.39 is 52.3 Å². The van der Waals surface area contributed by atoms with Crippen molar-refractivity contribution in [2.75, 3.05) is 53.2 Å². The number of aliphatic hydroxyl groups is 3. The second kappa shape index (κ2) is 10.1. The van der Waals surface area contributed by atoms with Gasteiger partial charge in [0.15, 0.2) is 5.60 Å². The lowest BCUT2D eigenvalue weighted by atomic mass is 9.58. The number of aromatic hydroxyl groups is 1. The Morgan fingerprint density at radius 1 is 1.19 bits per heavy atom. The molecule has 1 saturated carbocycles. The second-order valence-corrected chi connectivity index (χ2v) is 12.9. The average Bonchev–Trinajstić information content (AvgIpc) is 3.49. The molecule has 5 rings (SSSR count). The normalized spacial score (nSPS) is 30.2. The van der Waals surface area contributed by atoms with E-state index in [0.717, 1.165) is 12.2 Å². The minimum atomic E-state index is -2.40. The lowest BCUT2D eigenvalue weighted by Crippen LogP contribution is -2.60. The molecular weight excluding hydrogens is 540 g/mol. The summed E-state index contributed by atoms with van der Waals surface area (Å²) in [5, 5.41) is 45.7. The highest BCUT2D eigenvalue weighted by Crippen LogP contribution is 2.67. The average molecular weight is 583 g/mol. The van der Waals surface area contributed by atoms with Crippen molar-refractivity contribution in [2.24, 2.45) is 23.5 Å². The monoisotopic (exact) mass is 582 g/mol. The Labute approximate surface area is 246 Å². The summed E-state index contributed by atoms with van der Waals surface area (Å²) >= 11 is 0. The van der Waals surface area contributed by atoms with Gasteiger partial charge in [-0.25, -0.2) is 0 Å². The molecule has 11 heteroatoms. The number of ether oxygens (including phenoxy) is 1. The quantitative estimate of drug-likeness (QED) is 0.286. The van der Waals surface area contributed by atoms with Gasteiger partial charge in [-0.05, 0) is 57.5 Å². The maximum atomic E-state index is 14.3. The van der Waals surface area contributed by atoms with Gasteiger partial charge in [0.05, 0.1) is 11.6 Å². The molecule has 1 amide bonds. The highest BCUT2D eigenvalue weighted by Gasteiger charge is 2.86. The number of fused-ring (bicyclic) bond motifs is 2. The standard InChI is InChI=1S/C31H42N4O7/c1-15(2)14-35(7)10-8-9-16-13-20(33(3)4)18-11-17-12-19-24(34(5)6)27(38)23(29(32)40)31(41)30(19,42-31)28(39)21(17)26(37)22(18)25(16)36/h8-9,13,15,17,19,24,36-38,41H,10-12,14H2,1-7H3,(H2,32,40)/b9-8+/t17-,19-,24?,30-,31?/m0/s1. The molecule has 0 aromatic heterocycles. The van der Waals surface area contributed by atoms with Crippen LogP contribution in [-0.2, 0) is 20.7 Å². The molecule has 1 heterocycles. The van der Waals surface area contributed by atoms with E-state index in [2.05, 4.69) is 18.7 Å². The van der Waals surface area contributed by atoms with Crippen LogP contribution in [-0.4, -0.2) is 108 Å². The number of rotatable bonds is 8. The number of phenolic OH excluding ortho intramolecular Hbond substituents is 1. The third-order valence-electron chi connectivity index (χ3n) is 9.11. The van der Waals surface area contributed by atoms with Gasteiger partial charge in [0.25, 0.3) is 5.91 Å². The van der Waals surface area contributed by atoms with E-state index in [9.17, 15) is 30.0 Å². The van der Waals surface area contributed by atoms with Crippen LogP contribution in [0.4, 0.5) is 5.69 Å². The molecule has 0 radical (unpaired) electrons. The van der Waals surface area contributed by atoms with Crippen molar-refractivity contribution in [3.63, 3.8) is 0 Å². The van der Waals surface area contributed by atoms with Crippen LogP contribution in [0, 0.1) is 17.8 Å². The minimum Gasteiger partial charge on any atom is -0.510 e. The molecule has 3 aliphatic carbocycles. The van der Waals surface area contributed by atoms with E-state index in [1.54, 1.807) is 25.1 Å². The van der Waals surface area contributed by atoms with Crippen LogP contribution in [0.5, 0.6) is 5.75 Å². The third kappa shape index (κ3) is 4.16. The smallest absolute Gasteiger partial charge is 0.253 e. The van der Waals surface area contributed by atoms with Gasteiger partial charge in [0.1, 0.15) is 22.8 Å². The fourth-order valence-electron chi connectivity index (χ4n) is 7.51. The lowest BCUT2D eigenvalue weighted by Gasteiger charge is -2.46. The van der Waals surface area contributed by atoms with E-state index in [1.165, 1.54) is 0 Å². The molecule has 5 atom stereocenters. The Bertz CT molecular complexity index is 1440. The highest BCUT2D eigenvalue weighted by molar-refractivity contribution is 6.14. The van der Waals surface area contributed by atoms with Crippen LogP contribution in [0.15, 0.2) is 29.0 Å². The number of nitrogens with zero attached hydrogens (tertiary/aromatic N) is 3. The van der Waals surface area contributed by atoms with Crippen molar-refractivity contribution in [3.05, 3.63) is 45.7 Å². The maximum Gasteiger partial charge on any atom is 0.253 e. The summed E-state index contributed by atoms with van der Waals surface area (Å²) in [6.07, 6.45) is 4.35. The Morgan fingerprint density at radius 3 is 2.43 bits per heavy atom. The number of aliphatic hydroxyl groups excluding tert-OH is 2. The molecule has 42 heavy (non-hydrogen) atoms. The first kappa shape index (κ1) is 30.1. The molecule has 1 spiro atoms. The summed E-state index contributed by atoms with van der Waals surface area (Å²) in [4.78, 5) is 32.4. The zero-order valence-electron chi connectivity index (χ0n) is 25.3. The number of hydrogen-bond donors (Lipinski definition) is 5. The third-order valence-corrected chi connectivity index (χ3v) is 9.11. The fraction of sp³-hybridized carbons (Fsp3) is 0.548. The number of hydrogen-bond acceptors (Lipinski definition) is 10. The van der Waals surface area contributed by atoms with E-state index in [-0.39, 0.29) is 29.1 Å². The van der Waals surface area contributed by atoms with Crippen LogP contribution in [0.2, 0.25) is 0 Å². The van der Waals surface area contributed by atoms with Gasteiger partial charge in [0, 0.05) is 49.9 Å². The van der Waals surface area contributed by atoms with Crippen LogP contribution in [0.3, 0.4) is 0 Å². The van der Waals surface area contributed by atoms with Crippen molar-refractivity contribution in [3.8, 4) is 5.75 Å². The Kier molecular flexibility index (Phi) is 7.25. The van der Waals surface area contributed by atoms with Gasteiger partial charge in [0.2, 0.25) is 11.6 Å². The number of anilines is 1. The Morgan fingerprint density at radius 2 is 1.86 bits per heavy atom. The number of phenols is 1. The SMILES string of the molecule is CC(C)CN(C)C/C=C/c1cc(N(C)C)c2c(c1O)C(O)=C1C(=O)[C@]34OC3(O)C(C(N)=O)=C(O)C(N(C)C)[C@@H]4C[C@@H]1C2. The number of nitrogens with two attached hydrogens (primary N) is 1. The highest BCUT2D eigenvalue weighted by atomic mass is 16.8. The fourth-order valence-corrected chi connectivity index (χ4v) is 7.51. The van der Waals surface area contributed by atoms with Crippen LogP contribution >= 0.6 is 0 Å². The number of epoxide rings is 1. The summed E-state index contributed by atoms with van der Waals surface area (Å²) in [6.45, 7) is 5.86. The number of ketones is 1. The second-order valence-electron chi connectivity index (χ2n) is 12.9. The molecule has 2 unspecified atom stereocenters. The van der Waals surface area contributed by atoms with Crippen LogP contribution in [0.1, 0.15) is 37.0 Å². The van der Waals surface area contributed by atoms with Crippen LogP contribution < -0.4 is 10.6 Å². The number of benzene rings is 1. The van der Waals surface area contributed by atoms with Gasteiger partial charge in [-0.1, -0.05) is 26.0 Å².